The van der Waals surface area contributed by atoms with E-state index >= 15 is 0 Å². The summed E-state index contributed by atoms with van der Waals surface area (Å²) in [5.74, 6) is 0.333. The van der Waals surface area contributed by atoms with Crippen LogP contribution in [0.3, 0.4) is 0 Å². The maximum Gasteiger partial charge on any atom is 0.256 e. The Bertz CT molecular complexity index is 1130. The van der Waals surface area contributed by atoms with Crippen molar-refractivity contribution in [3.63, 3.8) is 0 Å². The van der Waals surface area contributed by atoms with Gasteiger partial charge < -0.3 is 9.73 Å². The molecule has 0 radical (unpaired) electrons. The normalized spacial score (nSPS) is 10.3. The first-order valence-electron chi connectivity index (χ1n) is 8.81. The molecule has 6 nitrogen and oxygen atoms in total. The first-order valence-corrected chi connectivity index (χ1v) is 8.81. The van der Waals surface area contributed by atoms with E-state index in [0.29, 0.717) is 11.5 Å². The van der Waals surface area contributed by atoms with Crippen LogP contribution >= 0.6 is 12.4 Å². The fourth-order valence-corrected chi connectivity index (χ4v) is 3.02. The average Bonchev–Trinajstić information content (AvgIpc) is 3.24. The van der Waals surface area contributed by atoms with Gasteiger partial charge in [0.05, 0.1) is 0 Å². The monoisotopic (exact) mass is 406 g/mol. The summed E-state index contributed by atoms with van der Waals surface area (Å²) in [5, 5.41) is 10.6. The van der Waals surface area contributed by atoms with Crippen molar-refractivity contribution in [2.24, 2.45) is 0 Å². The zero-order chi connectivity index (χ0) is 19.5. The third kappa shape index (κ3) is 4.33. The second kappa shape index (κ2) is 8.67. The largest absolute Gasteiger partial charge is 0.423 e. The molecule has 1 amide bonds. The highest BCUT2D eigenvalue weighted by Crippen LogP contribution is 2.29. The number of hydrogen-bond acceptors (Lipinski definition) is 5. The summed E-state index contributed by atoms with van der Waals surface area (Å²) in [6.07, 6.45) is 4.61. The van der Waals surface area contributed by atoms with Crippen LogP contribution in [0.1, 0.15) is 21.5 Å². The second-order valence-corrected chi connectivity index (χ2v) is 6.50. The fraction of sp³-hybridized carbons (Fsp3) is 0.0909. The zero-order valence-corrected chi connectivity index (χ0v) is 16.7. The summed E-state index contributed by atoms with van der Waals surface area (Å²) < 4.78 is 5.29. The molecule has 4 aromatic rings. The standard InChI is InChI=1S/C22H18N4O2.ClH/c1-14-3-4-17(22-26-24-13-28-22)11-20(14)16-5-7-18(8-6-16)25-21(27)19-9-10-23-12-15(19)2;/h3-13H,1-2H3,(H,25,27);1H. The summed E-state index contributed by atoms with van der Waals surface area (Å²) in [5.41, 5.74) is 6.29. The van der Waals surface area contributed by atoms with Crippen LogP contribution in [-0.2, 0) is 0 Å². The maximum atomic E-state index is 12.5. The first-order chi connectivity index (χ1) is 13.6. The van der Waals surface area contributed by atoms with Gasteiger partial charge in [0, 0.05) is 29.2 Å². The Labute approximate surface area is 174 Å². The van der Waals surface area contributed by atoms with Gasteiger partial charge in [-0.25, -0.2) is 0 Å². The van der Waals surface area contributed by atoms with Crippen LogP contribution in [0.2, 0.25) is 0 Å². The highest BCUT2D eigenvalue weighted by Gasteiger charge is 2.11. The summed E-state index contributed by atoms with van der Waals surface area (Å²) in [7, 11) is 0. The lowest BCUT2D eigenvalue weighted by molar-refractivity contribution is 0.102. The number of pyridine rings is 1. The van der Waals surface area contributed by atoms with E-state index in [-0.39, 0.29) is 18.3 Å². The number of carbonyl (C=O) groups excluding carboxylic acids is 1. The minimum Gasteiger partial charge on any atom is -0.423 e. The van der Waals surface area contributed by atoms with Crippen molar-refractivity contribution in [3.8, 4) is 22.6 Å². The molecule has 2 aromatic heterocycles. The smallest absolute Gasteiger partial charge is 0.256 e. The van der Waals surface area contributed by atoms with Crippen molar-refractivity contribution in [1.82, 2.24) is 15.2 Å². The Morgan fingerprint density at radius 1 is 0.966 bits per heavy atom. The van der Waals surface area contributed by atoms with Gasteiger partial charge in [0.1, 0.15) is 0 Å². The van der Waals surface area contributed by atoms with E-state index in [2.05, 4.69) is 27.4 Å². The lowest BCUT2D eigenvalue weighted by Crippen LogP contribution is -2.13. The van der Waals surface area contributed by atoms with E-state index < -0.39 is 0 Å². The number of benzene rings is 2. The van der Waals surface area contributed by atoms with Crippen molar-refractivity contribution in [3.05, 3.63) is 84.0 Å². The predicted octanol–water partition coefficient (Wildman–Crippen LogP) is 5.09. The fourth-order valence-electron chi connectivity index (χ4n) is 3.02. The molecule has 0 aliphatic heterocycles. The van der Waals surface area contributed by atoms with Crippen LogP contribution in [0, 0.1) is 13.8 Å². The van der Waals surface area contributed by atoms with E-state index in [1.807, 2.05) is 49.4 Å². The molecular weight excluding hydrogens is 388 g/mol. The van der Waals surface area contributed by atoms with Crippen molar-refractivity contribution < 1.29 is 9.21 Å². The molecule has 0 aliphatic rings. The van der Waals surface area contributed by atoms with Gasteiger partial charge in [0.25, 0.3) is 5.91 Å². The van der Waals surface area contributed by atoms with Crippen molar-refractivity contribution >= 4 is 24.0 Å². The third-order valence-corrected chi connectivity index (χ3v) is 4.56. The van der Waals surface area contributed by atoms with E-state index in [4.69, 9.17) is 4.42 Å². The van der Waals surface area contributed by atoms with Gasteiger partial charge in [-0.3, -0.25) is 9.78 Å². The van der Waals surface area contributed by atoms with Gasteiger partial charge in [0.15, 0.2) is 0 Å². The van der Waals surface area contributed by atoms with Crippen molar-refractivity contribution in [2.75, 3.05) is 5.32 Å². The third-order valence-electron chi connectivity index (χ3n) is 4.56. The number of nitrogens with zero attached hydrogens (tertiary/aromatic N) is 3. The first kappa shape index (κ1) is 20.2. The second-order valence-electron chi connectivity index (χ2n) is 6.50. The molecule has 0 aliphatic carbocycles. The van der Waals surface area contributed by atoms with E-state index in [0.717, 1.165) is 33.5 Å². The Kier molecular flexibility index (Phi) is 6.04. The lowest BCUT2D eigenvalue weighted by atomic mass is 9.98. The highest BCUT2D eigenvalue weighted by atomic mass is 35.5. The van der Waals surface area contributed by atoms with Crippen molar-refractivity contribution in [1.29, 1.82) is 0 Å². The van der Waals surface area contributed by atoms with Crippen LogP contribution in [0.4, 0.5) is 5.69 Å². The Balaban J connectivity index is 0.00000240. The molecule has 0 fully saturated rings. The predicted molar refractivity (Wildman–Crippen MR) is 114 cm³/mol. The topological polar surface area (TPSA) is 80.9 Å². The van der Waals surface area contributed by atoms with Crippen LogP contribution in [0.15, 0.2) is 71.7 Å². The number of aryl methyl sites for hydroxylation is 2. The van der Waals surface area contributed by atoms with Gasteiger partial charge in [-0.1, -0.05) is 18.2 Å². The van der Waals surface area contributed by atoms with E-state index in [1.54, 1.807) is 18.5 Å². The van der Waals surface area contributed by atoms with Gasteiger partial charge >= 0.3 is 0 Å². The van der Waals surface area contributed by atoms with Crippen LogP contribution < -0.4 is 5.32 Å². The molecule has 2 heterocycles. The number of rotatable bonds is 4. The molecule has 4 rings (SSSR count). The molecule has 2 aromatic carbocycles. The molecule has 1 N–H and O–H groups in total. The molecule has 0 atom stereocenters. The van der Waals surface area contributed by atoms with Gasteiger partial charge in [-0.2, -0.15) is 0 Å². The molecule has 0 bridgehead atoms. The number of nitrogens with one attached hydrogen (secondary N) is 1. The number of carbonyl (C=O) groups is 1. The SMILES string of the molecule is Cc1cnccc1C(=O)Nc1ccc(-c2cc(-c3nnco3)ccc2C)cc1.Cl. The number of amides is 1. The molecule has 29 heavy (non-hydrogen) atoms. The molecule has 0 spiro atoms. The van der Waals surface area contributed by atoms with Crippen LogP contribution in [-0.4, -0.2) is 21.1 Å². The number of aromatic nitrogens is 3. The summed E-state index contributed by atoms with van der Waals surface area (Å²) in [4.78, 5) is 16.5. The summed E-state index contributed by atoms with van der Waals surface area (Å²) in [6, 6.07) is 15.5. The highest BCUT2D eigenvalue weighted by molar-refractivity contribution is 6.05. The number of anilines is 1. The molecule has 7 heteroatoms. The molecule has 146 valence electrons. The number of halogens is 1. The van der Waals surface area contributed by atoms with Gasteiger partial charge in [-0.15, -0.1) is 22.6 Å². The number of hydrogen-bond donors (Lipinski definition) is 1. The molecule has 0 unspecified atom stereocenters. The average molecular weight is 407 g/mol. The van der Waals surface area contributed by atoms with Crippen LogP contribution in [0.25, 0.3) is 22.6 Å². The van der Waals surface area contributed by atoms with E-state index in [9.17, 15) is 4.79 Å². The Morgan fingerprint density at radius 2 is 1.72 bits per heavy atom. The molecule has 0 saturated carbocycles. The van der Waals surface area contributed by atoms with Gasteiger partial charge in [-0.05, 0) is 66.4 Å². The van der Waals surface area contributed by atoms with Crippen LogP contribution in [0.5, 0.6) is 0 Å². The lowest BCUT2D eigenvalue weighted by Gasteiger charge is -2.10. The summed E-state index contributed by atoms with van der Waals surface area (Å²) in [6.45, 7) is 3.92. The Hall–Kier alpha value is -3.51. The Morgan fingerprint density at radius 3 is 2.41 bits per heavy atom. The minimum atomic E-state index is -0.151. The molecular formula is C22H19ClN4O2. The van der Waals surface area contributed by atoms with Gasteiger partial charge in [0.2, 0.25) is 12.3 Å². The minimum absolute atomic E-state index is 0. The quantitative estimate of drug-likeness (QED) is 0.510. The molecule has 0 saturated heterocycles. The zero-order valence-electron chi connectivity index (χ0n) is 15.9. The van der Waals surface area contributed by atoms with Crippen molar-refractivity contribution in [2.45, 2.75) is 13.8 Å². The van der Waals surface area contributed by atoms with E-state index in [1.165, 1.54) is 6.39 Å². The summed E-state index contributed by atoms with van der Waals surface area (Å²) >= 11 is 0. The maximum absolute atomic E-state index is 12.5.